The van der Waals surface area contributed by atoms with Crippen LogP contribution in [-0.4, -0.2) is 6.54 Å². The predicted molar refractivity (Wildman–Crippen MR) is 71.4 cm³/mol. The molecule has 0 aliphatic heterocycles. The molecule has 102 valence electrons. The first-order valence-electron chi connectivity index (χ1n) is 6.44. The molecule has 1 heterocycles. The summed E-state index contributed by atoms with van der Waals surface area (Å²) in [6.07, 6.45) is 2.71. The maximum absolute atomic E-state index is 13.4. The van der Waals surface area contributed by atoms with Gasteiger partial charge in [-0.05, 0) is 31.2 Å². The molecule has 0 saturated heterocycles. The first kappa shape index (κ1) is 13.6. The number of rotatable bonds is 7. The lowest BCUT2D eigenvalue weighted by molar-refractivity contribution is 0.256. The van der Waals surface area contributed by atoms with Crippen LogP contribution in [0.5, 0.6) is 5.75 Å². The average molecular weight is 263 g/mol. The van der Waals surface area contributed by atoms with Crippen LogP contribution < -0.4 is 10.1 Å². The fourth-order valence-corrected chi connectivity index (χ4v) is 1.76. The summed E-state index contributed by atoms with van der Waals surface area (Å²) < 4.78 is 24.2. The van der Waals surface area contributed by atoms with Gasteiger partial charge in [0.2, 0.25) is 0 Å². The van der Waals surface area contributed by atoms with E-state index in [-0.39, 0.29) is 18.2 Å². The molecule has 2 aromatic rings. The van der Waals surface area contributed by atoms with E-state index in [1.165, 1.54) is 6.07 Å². The molecule has 19 heavy (non-hydrogen) atoms. The van der Waals surface area contributed by atoms with Crippen molar-refractivity contribution in [1.82, 2.24) is 5.32 Å². The Morgan fingerprint density at radius 2 is 2.11 bits per heavy atom. The van der Waals surface area contributed by atoms with Crippen molar-refractivity contribution in [1.29, 1.82) is 0 Å². The molecule has 0 aliphatic carbocycles. The average Bonchev–Trinajstić information content (AvgIpc) is 2.86. The SMILES string of the molecule is CCCNCc1ccoc1COc1ccccc1F. The number of halogens is 1. The van der Waals surface area contributed by atoms with Crippen molar-refractivity contribution >= 4 is 0 Å². The largest absolute Gasteiger partial charge is 0.483 e. The van der Waals surface area contributed by atoms with Crippen molar-refractivity contribution in [3.05, 3.63) is 53.7 Å². The Morgan fingerprint density at radius 1 is 1.26 bits per heavy atom. The molecule has 0 radical (unpaired) electrons. The molecule has 0 amide bonds. The minimum absolute atomic E-state index is 0.233. The molecule has 2 rings (SSSR count). The van der Waals surface area contributed by atoms with Gasteiger partial charge in [0.05, 0.1) is 6.26 Å². The summed E-state index contributed by atoms with van der Waals surface area (Å²) in [7, 11) is 0. The zero-order chi connectivity index (χ0) is 13.5. The third-order valence-electron chi connectivity index (χ3n) is 2.78. The van der Waals surface area contributed by atoms with Gasteiger partial charge in [0.1, 0.15) is 12.4 Å². The van der Waals surface area contributed by atoms with Gasteiger partial charge in [-0.3, -0.25) is 0 Å². The van der Waals surface area contributed by atoms with Crippen LogP contribution in [0.4, 0.5) is 4.39 Å². The maximum Gasteiger partial charge on any atom is 0.165 e. The molecule has 0 fully saturated rings. The van der Waals surface area contributed by atoms with Gasteiger partial charge in [0.25, 0.3) is 0 Å². The minimum atomic E-state index is -0.361. The summed E-state index contributed by atoms with van der Waals surface area (Å²) in [5.41, 5.74) is 1.05. The highest BCUT2D eigenvalue weighted by Gasteiger charge is 2.08. The van der Waals surface area contributed by atoms with Crippen molar-refractivity contribution in [2.75, 3.05) is 6.54 Å². The number of benzene rings is 1. The second kappa shape index (κ2) is 6.95. The van der Waals surface area contributed by atoms with Crippen LogP contribution in [0.3, 0.4) is 0 Å². The van der Waals surface area contributed by atoms with E-state index in [1.54, 1.807) is 24.5 Å². The van der Waals surface area contributed by atoms with E-state index in [9.17, 15) is 4.39 Å². The predicted octanol–water partition coefficient (Wildman–Crippen LogP) is 3.50. The normalized spacial score (nSPS) is 10.6. The van der Waals surface area contributed by atoms with Crippen LogP contribution in [0, 0.1) is 5.82 Å². The van der Waals surface area contributed by atoms with E-state index in [0.29, 0.717) is 0 Å². The minimum Gasteiger partial charge on any atom is -0.483 e. The maximum atomic E-state index is 13.4. The van der Waals surface area contributed by atoms with Crippen LogP contribution in [0.1, 0.15) is 24.7 Å². The second-order valence-electron chi connectivity index (χ2n) is 4.26. The summed E-state index contributed by atoms with van der Waals surface area (Å²) in [5.74, 6) is 0.609. The number of ether oxygens (including phenoxy) is 1. The molecule has 0 saturated carbocycles. The Hall–Kier alpha value is -1.81. The standard InChI is InChI=1S/C15H18FNO2/c1-2-8-17-10-12-7-9-18-15(12)11-19-14-6-4-3-5-13(14)16/h3-7,9,17H,2,8,10-11H2,1H3. The number of hydrogen-bond donors (Lipinski definition) is 1. The molecular formula is C15H18FNO2. The number of furan rings is 1. The van der Waals surface area contributed by atoms with Gasteiger partial charge in [-0.15, -0.1) is 0 Å². The highest BCUT2D eigenvalue weighted by molar-refractivity contribution is 5.24. The zero-order valence-electron chi connectivity index (χ0n) is 11.0. The van der Waals surface area contributed by atoms with Crippen molar-refractivity contribution in [3.8, 4) is 5.75 Å². The monoisotopic (exact) mass is 263 g/mol. The van der Waals surface area contributed by atoms with Crippen LogP contribution in [0.15, 0.2) is 41.0 Å². The first-order chi connectivity index (χ1) is 9.31. The summed E-state index contributed by atoms with van der Waals surface area (Å²) in [6, 6.07) is 8.26. The van der Waals surface area contributed by atoms with E-state index in [4.69, 9.17) is 9.15 Å². The molecule has 0 atom stereocenters. The molecule has 1 aromatic heterocycles. The Balaban J connectivity index is 1.93. The van der Waals surface area contributed by atoms with Gasteiger partial charge in [-0.2, -0.15) is 0 Å². The number of para-hydroxylation sites is 1. The lowest BCUT2D eigenvalue weighted by Gasteiger charge is -2.07. The summed E-state index contributed by atoms with van der Waals surface area (Å²) in [5, 5.41) is 3.30. The summed E-state index contributed by atoms with van der Waals surface area (Å²) in [4.78, 5) is 0. The fourth-order valence-electron chi connectivity index (χ4n) is 1.76. The lowest BCUT2D eigenvalue weighted by Crippen LogP contribution is -2.14. The molecule has 1 aromatic carbocycles. The van der Waals surface area contributed by atoms with Gasteiger partial charge < -0.3 is 14.5 Å². The van der Waals surface area contributed by atoms with E-state index >= 15 is 0 Å². The summed E-state index contributed by atoms with van der Waals surface area (Å²) in [6.45, 7) is 4.04. The first-order valence-corrected chi connectivity index (χ1v) is 6.44. The zero-order valence-corrected chi connectivity index (χ0v) is 11.0. The smallest absolute Gasteiger partial charge is 0.165 e. The van der Waals surface area contributed by atoms with Crippen molar-refractivity contribution in [2.24, 2.45) is 0 Å². The van der Waals surface area contributed by atoms with Gasteiger partial charge >= 0.3 is 0 Å². The molecule has 1 N–H and O–H groups in total. The third-order valence-corrected chi connectivity index (χ3v) is 2.78. The topological polar surface area (TPSA) is 34.4 Å². The number of nitrogens with one attached hydrogen (secondary N) is 1. The summed E-state index contributed by atoms with van der Waals surface area (Å²) >= 11 is 0. The van der Waals surface area contributed by atoms with Crippen LogP contribution in [0.25, 0.3) is 0 Å². The van der Waals surface area contributed by atoms with Crippen LogP contribution >= 0.6 is 0 Å². The van der Waals surface area contributed by atoms with Crippen molar-refractivity contribution in [2.45, 2.75) is 26.5 Å². The van der Waals surface area contributed by atoms with E-state index in [0.717, 1.165) is 30.8 Å². The molecule has 0 aliphatic rings. The molecule has 0 bridgehead atoms. The third kappa shape index (κ3) is 3.83. The van der Waals surface area contributed by atoms with Gasteiger partial charge in [-0.25, -0.2) is 4.39 Å². The van der Waals surface area contributed by atoms with Gasteiger partial charge in [0.15, 0.2) is 11.6 Å². The Bertz CT molecular complexity index is 510. The van der Waals surface area contributed by atoms with Crippen LogP contribution in [0.2, 0.25) is 0 Å². The fraction of sp³-hybridized carbons (Fsp3) is 0.333. The Morgan fingerprint density at radius 3 is 2.89 bits per heavy atom. The molecule has 3 nitrogen and oxygen atoms in total. The molecule has 4 heteroatoms. The van der Waals surface area contributed by atoms with Crippen molar-refractivity contribution < 1.29 is 13.5 Å². The van der Waals surface area contributed by atoms with Gasteiger partial charge in [0, 0.05) is 12.1 Å². The van der Waals surface area contributed by atoms with E-state index in [2.05, 4.69) is 12.2 Å². The second-order valence-corrected chi connectivity index (χ2v) is 4.26. The lowest BCUT2D eigenvalue weighted by atomic mass is 10.2. The van der Waals surface area contributed by atoms with Crippen LogP contribution in [-0.2, 0) is 13.2 Å². The quantitative estimate of drug-likeness (QED) is 0.776. The van der Waals surface area contributed by atoms with Crippen molar-refractivity contribution in [3.63, 3.8) is 0 Å². The molecular weight excluding hydrogens is 245 g/mol. The molecule has 0 spiro atoms. The van der Waals surface area contributed by atoms with E-state index in [1.807, 2.05) is 6.07 Å². The van der Waals surface area contributed by atoms with E-state index < -0.39 is 0 Å². The number of hydrogen-bond acceptors (Lipinski definition) is 3. The Kier molecular flexibility index (Phi) is 4.98. The highest BCUT2D eigenvalue weighted by Crippen LogP contribution is 2.19. The highest BCUT2D eigenvalue weighted by atomic mass is 19.1. The molecule has 0 unspecified atom stereocenters. The van der Waals surface area contributed by atoms with Gasteiger partial charge in [-0.1, -0.05) is 19.1 Å². The Labute approximate surface area is 112 Å².